The van der Waals surface area contributed by atoms with Crippen molar-refractivity contribution >= 4 is 34.2 Å². The molecule has 7 heteroatoms. The fraction of sp³-hybridized carbons (Fsp3) is 0.259. The number of Topliss-reactive ketones (excluding diaryl/α,β-unsaturated/α-hetero) is 1. The second-order valence-electron chi connectivity index (χ2n) is 9.44. The normalized spacial score (nSPS) is 28.6. The first-order valence-electron chi connectivity index (χ1n) is 11.3. The molecule has 0 spiro atoms. The van der Waals surface area contributed by atoms with Crippen LogP contribution in [0.5, 0.6) is 5.75 Å². The Balaban J connectivity index is 1.60. The highest BCUT2D eigenvalue weighted by Gasteiger charge is 2.56. The number of hydrogen-bond acceptors (Lipinski definition) is 6. The number of phenolic OH excluding ortho intramolecular Hbond substituents is 1. The molecule has 1 aliphatic heterocycles. The number of amides is 2. The number of benzene rings is 2. The van der Waals surface area contributed by atoms with Crippen molar-refractivity contribution in [1.29, 1.82) is 0 Å². The summed E-state index contributed by atoms with van der Waals surface area (Å²) < 4.78 is 0. The van der Waals surface area contributed by atoms with E-state index in [1.807, 2.05) is 30.3 Å². The van der Waals surface area contributed by atoms with Crippen LogP contribution in [0.25, 0.3) is 10.8 Å². The van der Waals surface area contributed by atoms with Crippen LogP contribution in [0.3, 0.4) is 0 Å². The first kappa shape index (κ1) is 20.7. The van der Waals surface area contributed by atoms with Crippen molar-refractivity contribution in [1.82, 2.24) is 5.06 Å². The van der Waals surface area contributed by atoms with Gasteiger partial charge in [0.25, 0.3) is 11.8 Å². The summed E-state index contributed by atoms with van der Waals surface area (Å²) in [6.07, 6.45) is 3.55. The van der Waals surface area contributed by atoms with Crippen molar-refractivity contribution in [2.45, 2.75) is 25.7 Å². The molecule has 34 heavy (non-hydrogen) atoms. The van der Waals surface area contributed by atoms with E-state index in [4.69, 9.17) is 0 Å². The third kappa shape index (κ3) is 2.61. The third-order valence-corrected chi connectivity index (χ3v) is 7.78. The van der Waals surface area contributed by atoms with Crippen LogP contribution in [0, 0.1) is 17.8 Å². The maximum Gasteiger partial charge on any atom is 0.257 e. The van der Waals surface area contributed by atoms with Gasteiger partial charge in [-0.3, -0.25) is 24.4 Å². The Morgan fingerprint density at radius 3 is 2.53 bits per heavy atom. The van der Waals surface area contributed by atoms with Crippen LogP contribution in [0.1, 0.15) is 31.2 Å². The molecule has 2 aromatic carbocycles. The van der Waals surface area contributed by atoms with Gasteiger partial charge in [-0.25, -0.2) is 0 Å². The van der Waals surface area contributed by atoms with E-state index in [2.05, 4.69) is 0 Å². The largest absolute Gasteiger partial charge is 0.507 e. The molecular weight excluding hydrogens is 434 g/mol. The van der Waals surface area contributed by atoms with Crippen LogP contribution in [0.2, 0.25) is 0 Å². The summed E-state index contributed by atoms with van der Waals surface area (Å²) in [5, 5.41) is 23.0. The molecule has 0 saturated carbocycles. The van der Waals surface area contributed by atoms with Crippen molar-refractivity contribution in [2.24, 2.45) is 17.8 Å². The van der Waals surface area contributed by atoms with Crippen LogP contribution in [0.4, 0.5) is 0 Å². The molecule has 1 heterocycles. The number of ketones is 2. The average molecular weight is 455 g/mol. The minimum absolute atomic E-state index is 0.0164. The summed E-state index contributed by atoms with van der Waals surface area (Å²) in [4.78, 5) is 51.8. The summed E-state index contributed by atoms with van der Waals surface area (Å²) in [5.74, 6) is -4.64. The summed E-state index contributed by atoms with van der Waals surface area (Å²) in [6.45, 7) is 1.58. The van der Waals surface area contributed by atoms with Crippen LogP contribution in [0.15, 0.2) is 70.8 Å². The highest BCUT2D eigenvalue weighted by molar-refractivity contribution is 6.24. The molecule has 4 aliphatic rings. The highest BCUT2D eigenvalue weighted by Crippen LogP contribution is 2.56. The minimum atomic E-state index is -0.814. The van der Waals surface area contributed by atoms with Crippen LogP contribution in [-0.4, -0.2) is 38.8 Å². The van der Waals surface area contributed by atoms with Crippen molar-refractivity contribution < 1.29 is 29.5 Å². The predicted octanol–water partition coefficient (Wildman–Crippen LogP) is 3.36. The first-order valence-corrected chi connectivity index (χ1v) is 11.3. The smallest absolute Gasteiger partial charge is 0.257 e. The van der Waals surface area contributed by atoms with Gasteiger partial charge in [-0.1, -0.05) is 48.0 Å². The molecule has 0 bridgehead atoms. The van der Waals surface area contributed by atoms with Crippen molar-refractivity contribution in [3.63, 3.8) is 0 Å². The Morgan fingerprint density at radius 2 is 1.74 bits per heavy atom. The molecule has 3 aliphatic carbocycles. The molecule has 0 radical (unpaired) electrons. The fourth-order valence-electron chi connectivity index (χ4n) is 6.23. The topological polar surface area (TPSA) is 112 Å². The molecule has 2 amide bonds. The number of carbonyl (C=O) groups excluding carboxylic acids is 4. The van der Waals surface area contributed by atoms with Gasteiger partial charge in [0.15, 0.2) is 11.6 Å². The standard InChI is InChI=1S/C27H21NO6/c1-12-10-20(29)23-19(24(12)30)11-18-15(8-9-17-22(18)27(33)28(34)26(17)32)21(23)16-7-6-13-4-2-3-5-14(13)25(16)31/h2-8,10,17-18,21-22,31,34H,9,11H2,1H3/t17-,18+,21+,22-/m0/s1. The molecule has 2 aromatic rings. The number of carbonyl (C=O) groups is 4. The monoisotopic (exact) mass is 455 g/mol. The minimum Gasteiger partial charge on any atom is -0.507 e. The van der Waals surface area contributed by atoms with Gasteiger partial charge in [0.05, 0.1) is 11.8 Å². The van der Waals surface area contributed by atoms with E-state index in [-0.39, 0.29) is 35.2 Å². The number of allylic oxidation sites excluding steroid dienone is 6. The molecule has 2 N–H and O–H groups in total. The van der Waals surface area contributed by atoms with Crippen LogP contribution < -0.4 is 0 Å². The van der Waals surface area contributed by atoms with Gasteiger partial charge in [-0.2, -0.15) is 5.06 Å². The second kappa shape index (κ2) is 7.08. The molecule has 0 unspecified atom stereocenters. The van der Waals surface area contributed by atoms with E-state index in [0.717, 1.165) is 11.0 Å². The second-order valence-corrected chi connectivity index (χ2v) is 9.44. The Labute approximate surface area is 194 Å². The molecule has 0 aromatic heterocycles. The lowest BCUT2D eigenvalue weighted by Gasteiger charge is -2.42. The highest BCUT2D eigenvalue weighted by atomic mass is 16.5. The zero-order valence-electron chi connectivity index (χ0n) is 18.3. The Morgan fingerprint density at radius 1 is 0.971 bits per heavy atom. The zero-order chi connectivity index (χ0) is 23.9. The molecular formula is C27H21NO6. The van der Waals surface area contributed by atoms with Gasteiger partial charge in [-0.05, 0) is 37.1 Å². The Kier molecular flexibility index (Phi) is 4.32. The number of hydroxylamine groups is 2. The quantitative estimate of drug-likeness (QED) is 0.295. The Hall–Kier alpha value is -3.84. The van der Waals surface area contributed by atoms with Gasteiger partial charge in [0.2, 0.25) is 0 Å². The van der Waals surface area contributed by atoms with E-state index < -0.39 is 35.5 Å². The van der Waals surface area contributed by atoms with E-state index in [9.17, 15) is 29.5 Å². The first-order chi connectivity index (χ1) is 16.3. The zero-order valence-corrected chi connectivity index (χ0v) is 18.3. The van der Waals surface area contributed by atoms with Gasteiger partial charge < -0.3 is 5.11 Å². The lowest BCUT2D eigenvalue weighted by atomic mass is 9.59. The molecule has 1 fully saturated rings. The number of aromatic hydroxyl groups is 1. The lowest BCUT2D eigenvalue weighted by molar-refractivity contribution is -0.173. The number of nitrogens with zero attached hydrogens (tertiary/aromatic N) is 1. The number of rotatable bonds is 1. The third-order valence-electron chi connectivity index (χ3n) is 7.78. The molecule has 170 valence electrons. The average Bonchev–Trinajstić information content (AvgIpc) is 3.06. The predicted molar refractivity (Wildman–Crippen MR) is 121 cm³/mol. The maximum atomic E-state index is 13.2. The number of phenols is 1. The van der Waals surface area contributed by atoms with Crippen molar-refractivity contribution in [3.05, 3.63) is 76.4 Å². The summed E-state index contributed by atoms with van der Waals surface area (Å²) in [6, 6.07) is 10.9. The Bertz CT molecular complexity index is 1440. The summed E-state index contributed by atoms with van der Waals surface area (Å²) in [7, 11) is 0. The molecule has 1 saturated heterocycles. The molecule has 7 nitrogen and oxygen atoms in total. The van der Waals surface area contributed by atoms with Gasteiger partial charge >= 0.3 is 0 Å². The molecule has 6 rings (SSSR count). The number of imide groups is 1. The maximum absolute atomic E-state index is 13.2. The van der Waals surface area contributed by atoms with Gasteiger partial charge in [0.1, 0.15) is 5.75 Å². The van der Waals surface area contributed by atoms with Gasteiger partial charge in [-0.15, -0.1) is 0 Å². The number of fused-ring (bicyclic) bond motifs is 4. The summed E-state index contributed by atoms with van der Waals surface area (Å²) >= 11 is 0. The van der Waals surface area contributed by atoms with E-state index in [1.54, 1.807) is 19.1 Å². The number of hydrogen-bond donors (Lipinski definition) is 2. The SMILES string of the molecule is CC1=CC(=O)C2=C(C[C@@H]3C(=CC[C@@H]4C(=O)N(O)C(=O)[C@@H]43)[C@@H]2c2ccc3ccccc3c2O)C1=O. The van der Waals surface area contributed by atoms with Crippen LogP contribution in [-0.2, 0) is 19.2 Å². The van der Waals surface area contributed by atoms with Crippen molar-refractivity contribution in [2.75, 3.05) is 0 Å². The van der Waals surface area contributed by atoms with E-state index >= 15 is 0 Å². The van der Waals surface area contributed by atoms with Crippen LogP contribution >= 0.6 is 0 Å². The lowest BCUT2D eigenvalue weighted by Crippen LogP contribution is -2.39. The fourth-order valence-corrected chi connectivity index (χ4v) is 6.23. The summed E-state index contributed by atoms with van der Waals surface area (Å²) in [5.41, 5.74) is 2.17. The van der Waals surface area contributed by atoms with E-state index in [1.165, 1.54) is 6.08 Å². The molecule has 4 atom stereocenters. The van der Waals surface area contributed by atoms with Crippen molar-refractivity contribution in [3.8, 4) is 5.75 Å². The van der Waals surface area contributed by atoms with E-state index in [0.29, 0.717) is 27.7 Å². The van der Waals surface area contributed by atoms with Gasteiger partial charge in [0, 0.05) is 33.6 Å².